The van der Waals surface area contributed by atoms with Crippen LogP contribution in [0.5, 0.6) is 0 Å². The summed E-state index contributed by atoms with van der Waals surface area (Å²) in [6, 6.07) is 37.2. The molecule has 2 fully saturated rings. The third-order valence-corrected chi connectivity index (χ3v) is 13.0. The molecule has 2 aromatic heterocycles. The summed E-state index contributed by atoms with van der Waals surface area (Å²) in [6.45, 7) is 4.09. The van der Waals surface area contributed by atoms with Crippen molar-refractivity contribution in [3.63, 3.8) is 0 Å². The van der Waals surface area contributed by atoms with Crippen LogP contribution in [0.2, 0.25) is 0 Å². The zero-order chi connectivity index (χ0) is 46.2. The topological polar surface area (TPSA) is 199 Å². The van der Waals surface area contributed by atoms with E-state index in [1.54, 1.807) is 12.1 Å². The Morgan fingerprint density at radius 2 is 0.970 bits per heavy atom. The molecule has 6 aromatic carbocycles. The van der Waals surface area contributed by atoms with Crippen molar-refractivity contribution in [3.05, 3.63) is 186 Å². The molecule has 0 radical (unpaired) electrons. The van der Waals surface area contributed by atoms with Crippen molar-refractivity contribution >= 4 is 44.0 Å². The summed E-state index contributed by atoms with van der Waals surface area (Å²) < 4.78 is 34.0. The van der Waals surface area contributed by atoms with Crippen LogP contribution < -0.4 is 55.5 Å². The number of nitrogen functional groups attached to an aromatic ring is 2. The maximum atomic E-state index is 15.0. The van der Waals surface area contributed by atoms with Crippen LogP contribution in [-0.4, -0.2) is 57.8 Å². The van der Waals surface area contributed by atoms with Gasteiger partial charge in [0.2, 0.25) is 0 Å². The quantitative estimate of drug-likeness (QED) is 0.150. The van der Waals surface area contributed by atoms with Gasteiger partial charge in [0.1, 0.15) is 11.6 Å². The molecule has 0 amide bonds. The monoisotopic (exact) mass is 892 g/mol. The number of fused-ring (bicyclic) bond motifs is 3. The molecule has 66 heavy (non-hydrogen) atoms. The van der Waals surface area contributed by atoms with Gasteiger partial charge in [-0.25, -0.2) is 18.4 Å². The van der Waals surface area contributed by atoms with Gasteiger partial charge in [-0.1, -0.05) is 91.0 Å². The van der Waals surface area contributed by atoms with Gasteiger partial charge in [0.25, 0.3) is 11.1 Å². The van der Waals surface area contributed by atoms with Gasteiger partial charge in [0, 0.05) is 26.2 Å². The van der Waals surface area contributed by atoms with Crippen molar-refractivity contribution in [2.45, 2.75) is 25.9 Å². The van der Waals surface area contributed by atoms with E-state index in [0.29, 0.717) is 76.9 Å². The van der Waals surface area contributed by atoms with Gasteiger partial charge in [-0.05, 0) is 101 Å². The molecule has 4 heterocycles. The van der Waals surface area contributed by atoms with Crippen LogP contribution >= 0.6 is 0 Å². The second-order valence-corrected chi connectivity index (χ2v) is 17.1. The number of halogens is 2. The number of nitrogens with zero attached hydrogens (tertiary/aromatic N) is 6. The third-order valence-electron chi connectivity index (χ3n) is 13.0. The normalized spacial score (nSPS) is 16.1. The Morgan fingerprint density at radius 1 is 0.515 bits per heavy atom. The third kappa shape index (κ3) is 8.31. The number of hydrogen-bond donors (Lipinski definition) is 4. The predicted molar refractivity (Wildman–Crippen MR) is 258 cm³/mol. The second kappa shape index (κ2) is 18.1. The molecule has 0 unspecified atom stereocenters. The summed E-state index contributed by atoms with van der Waals surface area (Å²) in [5.74, 6) is 11.1. The molecule has 2 saturated heterocycles. The highest BCUT2D eigenvalue weighted by atomic mass is 19.1. The highest BCUT2D eigenvalue weighted by Crippen LogP contribution is 2.31. The number of rotatable bonds is 9. The van der Waals surface area contributed by atoms with Crippen LogP contribution in [0.4, 0.5) is 20.2 Å². The predicted octanol–water partition coefficient (Wildman–Crippen LogP) is 4.52. The summed E-state index contributed by atoms with van der Waals surface area (Å²) in [7, 11) is 0. The smallest absolute Gasteiger partial charge is 0.350 e. The summed E-state index contributed by atoms with van der Waals surface area (Å²) in [5, 5.41) is 2.27. The van der Waals surface area contributed by atoms with Crippen molar-refractivity contribution < 1.29 is 8.78 Å². The lowest BCUT2D eigenvalue weighted by Crippen LogP contribution is -2.44. The summed E-state index contributed by atoms with van der Waals surface area (Å²) in [4.78, 5) is 55.1. The zero-order valence-electron chi connectivity index (χ0n) is 36.2. The molecule has 10 rings (SSSR count). The van der Waals surface area contributed by atoms with Crippen molar-refractivity contribution in [2.75, 3.05) is 60.8 Å². The molecule has 8 aromatic rings. The molecule has 0 bridgehead atoms. The minimum atomic E-state index is -0.720. The van der Waals surface area contributed by atoms with Gasteiger partial charge in [-0.3, -0.25) is 18.7 Å². The molecule has 2 atom stereocenters. The van der Waals surface area contributed by atoms with Crippen LogP contribution in [0, 0.1) is 23.5 Å². The Hall–Kier alpha value is -7.56. The largest absolute Gasteiger partial charge is 0.369 e. The fraction of sp³-hybridized carbons (Fsp3) is 0.240. The van der Waals surface area contributed by atoms with E-state index in [2.05, 4.69) is 0 Å². The van der Waals surface area contributed by atoms with Crippen LogP contribution in [0.25, 0.3) is 43.7 Å². The van der Waals surface area contributed by atoms with E-state index in [1.165, 1.54) is 21.3 Å². The molecule has 2 aliphatic rings. The average molecular weight is 893 g/mol. The van der Waals surface area contributed by atoms with Crippen molar-refractivity contribution in [2.24, 2.45) is 23.3 Å². The molecule has 8 N–H and O–H groups in total. The summed E-state index contributed by atoms with van der Waals surface area (Å²) in [6.07, 6.45) is 1.75. The SMILES string of the molecule is NC[C@@H]1CCN(c2cc3c(cc2F)c(=O)n(N)c(=O)n3Cc2ccc(-c3ccccc3)cc2)C1.NC[C@@H]1CCN(c2cc3c(cc2F)c(=O)n(N)c(=O)n3Cc2ccc3ccccc3c2)C1. The van der Waals surface area contributed by atoms with Gasteiger partial charge < -0.3 is 33.0 Å². The lowest BCUT2D eigenvalue weighted by Gasteiger charge is -2.21. The Bertz CT molecular complexity index is 3370. The van der Waals surface area contributed by atoms with Crippen molar-refractivity contribution in [3.8, 4) is 11.1 Å². The average Bonchev–Trinajstić information content (AvgIpc) is 4.04. The first-order valence-electron chi connectivity index (χ1n) is 21.9. The molecular formula is C50H50F2N10O4. The van der Waals surface area contributed by atoms with Crippen molar-refractivity contribution in [1.29, 1.82) is 0 Å². The molecule has 338 valence electrons. The Labute approximate surface area is 377 Å². The lowest BCUT2D eigenvalue weighted by atomic mass is 10.0. The number of hydrogen-bond acceptors (Lipinski definition) is 10. The number of anilines is 2. The van der Waals surface area contributed by atoms with Gasteiger partial charge in [-0.15, -0.1) is 0 Å². The van der Waals surface area contributed by atoms with E-state index >= 15 is 4.39 Å². The minimum Gasteiger partial charge on any atom is -0.369 e. The molecule has 2 aliphatic heterocycles. The fourth-order valence-corrected chi connectivity index (χ4v) is 9.20. The van der Waals surface area contributed by atoms with E-state index < -0.39 is 34.1 Å². The van der Waals surface area contributed by atoms with E-state index in [1.807, 2.05) is 107 Å². The molecule has 0 aliphatic carbocycles. The fourth-order valence-electron chi connectivity index (χ4n) is 9.20. The number of nitrogens with two attached hydrogens (primary N) is 4. The molecule has 14 nitrogen and oxygen atoms in total. The van der Waals surface area contributed by atoms with Crippen LogP contribution in [0.15, 0.2) is 141 Å². The summed E-state index contributed by atoms with van der Waals surface area (Å²) >= 11 is 0. The summed E-state index contributed by atoms with van der Waals surface area (Å²) in [5.41, 5.74) is 14.2. The second-order valence-electron chi connectivity index (χ2n) is 17.1. The van der Waals surface area contributed by atoms with Gasteiger partial charge in [0.15, 0.2) is 0 Å². The molecular weight excluding hydrogens is 843 g/mol. The van der Waals surface area contributed by atoms with E-state index in [4.69, 9.17) is 23.2 Å². The van der Waals surface area contributed by atoms with E-state index in [0.717, 1.165) is 45.9 Å². The Kier molecular flexibility index (Phi) is 12.0. The minimum absolute atomic E-state index is 0.0684. The highest BCUT2D eigenvalue weighted by Gasteiger charge is 2.27. The van der Waals surface area contributed by atoms with Crippen molar-refractivity contribution in [1.82, 2.24) is 18.5 Å². The first-order valence-corrected chi connectivity index (χ1v) is 21.9. The van der Waals surface area contributed by atoms with Gasteiger partial charge in [0.05, 0.1) is 46.3 Å². The Balaban J connectivity index is 0.000000166. The van der Waals surface area contributed by atoms with E-state index in [-0.39, 0.29) is 29.8 Å². The molecule has 0 spiro atoms. The van der Waals surface area contributed by atoms with Crippen LogP contribution in [0.1, 0.15) is 24.0 Å². The van der Waals surface area contributed by atoms with Gasteiger partial charge in [-0.2, -0.15) is 9.35 Å². The Morgan fingerprint density at radius 3 is 1.47 bits per heavy atom. The highest BCUT2D eigenvalue weighted by molar-refractivity contribution is 5.85. The van der Waals surface area contributed by atoms with Crippen LogP contribution in [0.3, 0.4) is 0 Å². The number of benzene rings is 6. The van der Waals surface area contributed by atoms with Gasteiger partial charge >= 0.3 is 11.4 Å². The maximum Gasteiger partial charge on any atom is 0.350 e. The van der Waals surface area contributed by atoms with Crippen LogP contribution in [-0.2, 0) is 13.1 Å². The molecule has 16 heteroatoms. The lowest BCUT2D eigenvalue weighted by molar-refractivity contribution is 0.597. The first-order chi connectivity index (χ1) is 31.9. The first kappa shape index (κ1) is 43.7. The van der Waals surface area contributed by atoms with E-state index in [9.17, 15) is 23.6 Å². The zero-order valence-corrected chi connectivity index (χ0v) is 36.2. The molecule has 0 saturated carbocycles. The standard InChI is InChI=1S/C26H26FN5O2.C24H24FN5O2/c27-22-12-21-23(13-24(22)30-11-10-18(14-28)15-30)31(26(34)32(29)25(21)33)16-17-6-8-20(9-7-17)19-4-2-1-3-5-19;25-20-10-19-21(11-22(20)28-8-7-16(12-26)13-28)29(24(32)30(27)23(19)31)14-15-5-6-17-3-1-2-4-18(17)9-15/h1-9,12-13,18H,10-11,14-16,28-29H2;1-6,9-11,16H,7-8,12-14,26-27H2/t18-;16-/m00/s1. The number of aromatic nitrogens is 4. The maximum absolute atomic E-state index is 15.0.